The first kappa shape index (κ1) is 10.2. The van der Waals surface area contributed by atoms with Crippen molar-refractivity contribution in [3.63, 3.8) is 0 Å². The monoisotopic (exact) mass is 221 g/mol. The Balaban J connectivity index is 2.18. The Hall–Kier alpha value is -1.35. The molecule has 15 heavy (non-hydrogen) atoms. The molecule has 0 bridgehead atoms. The van der Waals surface area contributed by atoms with E-state index in [0.717, 1.165) is 12.4 Å². The largest absolute Gasteiger partial charge is 0.312 e. The molecule has 0 fully saturated rings. The smallest absolute Gasteiger partial charge is 0.148 e. The minimum Gasteiger partial charge on any atom is -0.312 e. The van der Waals surface area contributed by atoms with Crippen molar-refractivity contribution in [1.82, 2.24) is 14.8 Å². The van der Waals surface area contributed by atoms with Gasteiger partial charge in [-0.2, -0.15) is 0 Å². The minimum atomic E-state index is 0.395. The van der Waals surface area contributed by atoms with Crippen LogP contribution in [0.3, 0.4) is 0 Å². The van der Waals surface area contributed by atoms with E-state index in [1.54, 1.807) is 6.33 Å². The van der Waals surface area contributed by atoms with E-state index in [-0.39, 0.29) is 0 Å². The molecule has 1 aromatic carbocycles. The first-order valence-electron chi connectivity index (χ1n) is 4.78. The average Bonchev–Trinajstić information content (AvgIpc) is 2.69. The van der Waals surface area contributed by atoms with Crippen molar-refractivity contribution in [2.24, 2.45) is 0 Å². The van der Waals surface area contributed by atoms with Gasteiger partial charge in [0.15, 0.2) is 0 Å². The molecule has 0 atom stereocenters. The number of alkyl halides is 1. The fourth-order valence-electron chi connectivity index (χ4n) is 1.40. The van der Waals surface area contributed by atoms with Gasteiger partial charge in [0, 0.05) is 0 Å². The second-order valence-corrected chi connectivity index (χ2v) is 3.76. The molecule has 4 heteroatoms. The third-order valence-electron chi connectivity index (χ3n) is 2.29. The van der Waals surface area contributed by atoms with Gasteiger partial charge in [0.2, 0.25) is 0 Å². The van der Waals surface area contributed by atoms with E-state index < -0.39 is 0 Å². The van der Waals surface area contributed by atoms with Gasteiger partial charge in [-0.25, -0.2) is 0 Å². The van der Waals surface area contributed by atoms with E-state index in [9.17, 15) is 0 Å². The van der Waals surface area contributed by atoms with Crippen LogP contribution in [0.2, 0.25) is 0 Å². The summed E-state index contributed by atoms with van der Waals surface area (Å²) >= 11 is 5.74. The third-order valence-corrected chi connectivity index (χ3v) is 2.53. The van der Waals surface area contributed by atoms with Crippen molar-refractivity contribution in [2.75, 3.05) is 0 Å². The lowest BCUT2D eigenvalue weighted by molar-refractivity contribution is 0.754. The van der Waals surface area contributed by atoms with Gasteiger partial charge in [0.25, 0.3) is 0 Å². The molecule has 0 aliphatic carbocycles. The fraction of sp³-hybridized carbons (Fsp3) is 0.273. The second-order valence-electron chi connectivity index (χ2n) is 3.49. The summed E-state index contributed by atoms with van der Waals surface area (Å²) in [5.41, 5.74) is 2.49. The van der Waals surface area contributed by atoms with Gasteiger partial charge in [-0.1, -0.05) is 29.8 Å². The number of hydrogen-bond acceptors (Lipinski definition) is 2. The van der Waals surface area contributed by atoms with Crippen LogP contribution in [0.15, 0.2) is 30.6 Å². The van der Waals surface area contributed by atoms with Gasteiger partial charge in [-0.05, 0) is 12.5 Å². The Labute approximate surface area is 93.7 Å². The molecule has 0 N–H and O–H groups in total. The molecule has 0 unspecified atom stereocenters. The molecule has 0 saturated heterocycles. The second kappa shape index (κ2) is 4.45. The fourth-order valence-corrected chi connectivity index (χ4v) is 1.61. The number of benzene rings is 1. The van der Waals surface area contributed by atoms with Gasteiger partial charge in [-0.15, -0.1) is 21.8 Å². The maximum absolute atomic E-state index is 5.74. The molecular weight excluding hydrogens is 210 g/mol. The van der Waals surface area contributed by atoms with Crippen LogP contribution in [0.1, 0.15) is 17.0 Å². The summed E-state index contributed by atoms with van der Waals surface area (Å²) < 4.78 is 1.96. The topological polar surface area (TPSA) is 30.7 Å². The van der Waals surface area contributed by atoms with Crippen LogP contribution >= 0.6 is 11.6 Å². The van der Waals surface area contributed by atoms with Crippen molar-refractivity contribution in [1.29, 1.82) is 0 Å². The first-order chi connectivity index (χ1) is 7.29. The van der Waals surface area contributed by atoms with Crippen LogP contribution in [0, 0.1) is 6.92 Å². The van der Waals surface area contributed by atoms with Gasteiger partial charge in [-0.3, -0.25) is 0 Å². The summed E-state index contributed by atoms with van der Waals surface area (Å²) in [5, 5.41) is 7.76. The molecule has 2 rings (SSSR count). The third kappa shape index (κ3) is 2.36. The molecule has 2 aromatic rings. The molecule has 0 amide bonds. The quantitative estimate of drug-likeness (QED) is 0.746. The Kier molecular flexibility index (Phi) is 3.02. The Morgan fingerprint density at radius 1 is 1.27 bits per heavy atom. The lowest BCUT2D eigenvalue weighted by Crippen LogP contribution is -2.02. The zero-order valence-electron chi connectivity index (χ0n) is 8.52. The highest BCUT2D eigenvalue weighted by atomic mass is 35.5. The molecule has 0 saturated carbocycles. The molecule has 0 aliphatic heterocycles. The van der Waals surface area contributed by atoms with E-state index in [2.05, 4.69) is 41.4 Å². The van der Waals surface area contributed by atoms with Crippen molar-refractivity contribution < 1.29 is 0 Å². The standard InChI is InChI=1S/C11H12ClN3/c1-9-2-4-10(5-3-9)7-15-8-13-14-11(15)6-12/h2-5,8H,6-7H2,1H3. The highest BCUT2D eigenvalue weighted by Crippen LogP contribution is 2.07. The van der Waals surface area contributed by atoms with Crippen molar-refractivity contribution in [2.45, 2.75) is 19.3 Å². The lowest BCUT2D eigenvalue weighted by atomic mass is 10.1. The highest BCUT2D eigenvalue weighted by molar-refractivity contribution is 6.16. The van der Waals surface area contributed by atoms with Crippen LogP contribution < -0.4 is 0 Å². The predicted molar refractivity (Wildman–Crippen MR) is 59.9 cm³/mol. The number of nitrogens with zero attached hydrogens (tertiary/aromatic N) is 3. The van der Waals surface area contributed by atoms with Crippen LogP contribution in [0.5, 0.6) is 0 Å². The molecule has 78 valence electrons. The van der Waals surface area contributed by atoms with Crippen molar-refractivity contribution in [3.05, 3.63) is 47.5 Å². The van der Waals surface area contributed by atoms with Gasteiger partial charge >= 0.3 is 0 Å². The molecule has 0 spiro atoms. The summed E-state index contributed by atoms with van der Waals surface area (Å²) in [6, 6.07) is 8.40. The summed E-state index contributed by atoms with van der Waals surface area (Å²) in [5.74, 6) is 1.20. The Bertz CT molecular complexity index is 433. The Morgan fingerprint density at radius 3 is 2.67 bits per heavy atom. The molecule has 0 aliphatic rings. The van der Waals surface area contributed by atoms with E-state index in [1.807, 2.05) is 4.57 Å². The van der Waals surface area contributed by atoms with E-state index in [4.69, 9.17) is 11.6 Å². The van der Waals surface area contributed by atoms with Crippen LogP contribution in [0.25, 0.3) is 0 Å². The number of aromatic nitrogens is 3. The zero-order valence-corrected chi connectivity index (χ0v) is 9.28. The maximum Gasteiger partial charge on any atom is 0.148 e. The van der Waals surface area contributed by atoms with Crippen molar-refractivity contribution >= 4 is 11.6 Å². The van der Waals surface area contributed by atoms with E-state index >= 15 is 0 Å². The van der Waals surface area contributed by atoms with E-state index in [1.165, 1.54) is 11.1 Å². The number of halogens is 1. The van der Waals surface area contributed by atoms with Crippen molar-refractivity contribution in [3.8, 4) is 0 Å². The number of rotatable bonds is 3. The number of hydrogen-bond donors (Lipinski definition) is 0. The minimum absolute atomic E-state index is 0.395. The van der Waals surface area contributed by atoms with Crippen LogP contribution in [-0.4, -0.2) is 14.8 Å². The zero-order chi connectivity index (χ0) is 10.7. The van der Waals surface area contributed by atoms with Crippen LogP contribution in [0.4, 0.5) is 0 Å². The summed E-state index contributed by atoms with van der Waals surface area (Å²) in [6.45, 7) is 2.85. The van der Waals surface area contributed by atoms with Gasteiger partial charge < -0.3 is 4.57 Å². The summed E-state index contributed by atoms with van der Waals surface area (Å²) in [6.07, 6.45) is 1.71. The predicted octanol–water partition coefficient (Wildman–Crippen LogP) is 2.37. The summed E-state index contributed by atoms with van der Waals surface area (Å²) in [7, 11) is 0. The first-order valence-corrected chi connectivity index (χ1v) is 5.31. The molecule has 3 nitrogen and oxygen atoms in total. The molecule has 1 heterocycles. The van der Waals surface area contributed by atoms with Gasteiger partial charge in [0.05, 0.1) is 12.4 Å². The molecule has 1 aromatic heterocycles. The lowest BCUT2D eigenvalue weighted by Gasteiger charge is -2.04. The molecule has 0 radical (unpaired) electrons. The SMILES string of the molecule is Cc1ccc(Cn2cnnc2CCl)cc1. The molecular formula is C11H12ClN3. The Morgan fingerprint density at radius 2 is 2.00 bits per heavy atom. The van der Waals surface area contributed by atoms with Crippen LogP contribution in [-0.2, 0) is 12.4 Å². The van der Waals surface area contributed by atoms with E-state index in [0.29, 0.717) is 5.88 Å². The normalized spacial score (nSPS) is 10.5. The van der Waals surface area contributed by atoms with Gasteiger partial charge in [0.1, 0.15) is 12.2 Å². The number of aryl methyl sites for hydroxylation is 1. The average molecular weight is 222 g/mol. The highest BCUT2D eigenvalue weighted by Gasteiger charge is 2.02. The maximum atomic E-state index is 5.74. The summed E-state index contributed by atoms with van der Waals surface area (Å²) in [4.78, 5) is 0.